The molecule has 0 unspecified atom stereocenters. The number of hydrogen-bond acceptors (Lipinski definition) is 5. The third-order valence-corrected chi connectivity index (χ3v) is 3.59. The van der Waals surface area contributed by atoms with Crippen LogP contribution in [-0.2, 0) is 13.5 Å². The molecule has 0 fully saturated rings. The lowest BCUT2D eigenvalue weighted by Crippen LogP contribution is -2.31. The van der Waals surface area contributed by atoms with Crippen LogP contribution < -0.4 is 15.4 Å². The summed E-state index contributed by atoms with van der Waals surface area (Å²) >= 11 is 0. The molecule has 0 bridgehead atoms. The first kappa shape index (κ1) is 15.8. The van der Waals surface area contributed by atoms with Gasteiger partial charge in [-0.25, -0.2) is 9.78 Å². The van der Waals surface area contributed by atoms with E-state index in [-0.39, 0.29) is 12.0 Å². The number of nitrogens with zero attached hydrogens (tertiary/aromatic N) is 4. The molecular formula is C15H19N7O2. The maximum absolute atomic E-state index is 11.8. The number of hydrogen-bond donors (Lipinski definition) is 3. The number of ether oxygens (including phenoxy) is 1. The van der Waals surface area contributed by atoms with Crippen molar-refractivity contribution in [3.8, 4) is 5.75 Å². The number of nitrogens with one attached hydrogen (secondary N) is 3. The fraction of sp³-hybridized carbons (Fsp3) is 0.333. The van der Waals surface area contributed by atoms with Crippen LogP contribution in [0.25, 0.3) is 11.0 Å². The summed E-state index contributed by atoms with van der Waals surface area (Å²) in [4.78, 5) is 23.6. The van der Waals surface area contributed by atoms with Crippen molar-refractivity contribution < 1.29 is 9.53 Å². The molecule has 2 heterocycles. The van der Waals surface area contributed by atoms with E-state index >= 15 is 0 Å². The number of urea groups is 1. The largest absolute Gasteiger partial charge is 0.497 e. The second-order valence-corrected chi connectivity index (χ2v) is 5.30. The van der Waals surface area contributed by atoms with Crippen LogP contribution in [0.1, 0.15) is 11.6 Å². The first-order chi connectivity index (χ1) is 11.5. The van der Waals surface area contributed by atoms with Crippen LogP contribution in [0.3, 0.4) is 0 Å². The number of aryl methyl sites for hydroxylation is 2. The molecule has 2 aromatic heterocycles. The molecule has 0 saturated carbocycles. The lowest BCUT2D eigenvalue weighted by atomic mass is 10.3. The van der Waals surface area contributed by atoms with E-state index in [0.29, 0.717) is 13.0 Å². The standard InChI is InChI=1S/C15H19N7O2/c1-9-17-14(21-22(9)2)20-15(23)16-7-6-13-18-11-5-4-10(24-3)8-12(11)19-13/h4-5,8H,6-7H2,1-3H3,(H,18,19)(H2,16,20,21,23). The smallest absolute Gasteiger partial charge is 0.321 e. The van der Waals surface area contributed by atoms with Crippen LogP contribution in [0.4, 0.5) is 10.7 Å². The van der Waals surface area contributed by atoms with Gasteiger partial charge < -0.3 is 15.0 Å². The lowest BCUT2D eigenvalue weighted by Gasteiger charge is -2.03. The van der Waals surface area contributed by atoms with Crippen molar-refractivity contribution in [2.75, 3.05) is 19.0 Å². The Bertz CT molecular complexity index is 848. The van der Waals surface area contributed by atoms with Crippen molar-refractivity contribution in [3.63, 3.8) is 0 Å². The predicted molar refractivity (Wildman–Crippen MR) is 89.1 cm³/mol. The van der Waals surface area contributed by atoms with Crippen molar-refractivity contribution in [1.29, 1.82) is 0 Å². The number of carbonyl (C=O) groups is 1. The Morgan fingerprint density at radius 2 is 2.21 bits per heavy atom. The minimum Gasteiger partial charge on any atom is -0.497 e. The second-order valence-electron chi connectivity index (χ2n) is 5.30. The van der Waals surface area contributed by atoms with E-state index in [1.165, 1.54) is 0 Å². The maximum atomic E-state index is 11.8. The second kappa shape index (κ2) is 6.57. The Hall–Kier alpha value is -3.10. The Kier molecular flexibility index (Phi) is 4.32. The van der Waals surface area contributed by atoms with Gasteiger partial charge in [0, 0.05) is 26.1 Å². The van der Waals surface area contributed by atoms with Gasteiger partial charge in [0.05, 0.1) is 18.1 Å². The molecule has 0 aliphatic rings. The minimum absolute atomic E-state index is 0.281. The molecule has 24 heavy (non-hydrogen) atoms. The highest BCUT2D eigenvalue weighted by Crippen LogP contribution is 2.18. The van der Waals surface area contributed by atoms with Gasteiger partial charge in [-0.05, 0) is 19.1 Å². The van der Waals surface area contributed by atoms with Crippen molar-refractivity contribution in [2.24, 2.45) is 7.05 Å². The third-order valence-electron chi connectivity index (χ3n) is 3.59. The van der Waals surface area contributed by atoms with E-state index in [1.54, 1.807) is 18.8 Å². The summed E-state index contributed by atoms with van der Waals surface area (Å²) in [6, 6.07) is 5.30. The normalized spacial score (nSPS) is 10.8. The van der Waals surface area contributed by atoms with Gasteiger partial charge in [0.25, 0.3) is 0 Å². The molecular weight excluding hydrogens is 310 g/mol. The highest BCUT2D eigenvalue weighted by atomic mass is 16.5. The summed E-state index contributed by atoms with van der Waals surface area (Å²) in [7, 11) is 3.39. The van der Waals surface area contributed by atoms with Crippen LogP contribution in [0.15, 0.2) is 18.2 Å². The fourth-order valence-electron chi connectivity index (χ4n) is 2.24. The zero-order valence-corrected chi connectivity index (χ0v) is 13.8. The fourth-order valence-corrected chi connectivity index (χ4v) is 2.24. The van der Waals surface area contributed by atoms with Crippen molar-refractivity contribution in [2.45, 2.75) is 13.3 Å². The molecule has 1 aromatic carbocycles. The van der Waals surface area contributed by atoms with Gasteiger partial charge in [-0.3, -0.25) is 10.00 Å². The van der Waals surface area contributed by atoms with Gasteiger partial charge >= 0.3 is 6.03 Å². The number of rotatable bonds is 5. The number of H-pyrrole nitrogens is 1. The van der Waals surface area contributed by atoms with Crippen molar-refractivity contribution >= 4 is 23.0 Å². The number of carbonyl (C=O) groups excluding carboxylic acids is 1. The van der Waals surface area contributed by atoms with Gasteiger partial charge in [0.15, 0.2) is 0 Å². The molecule has 3 aromatic rings. The zero-order chi connectivity index (χ0) is 17.1. The predicted octanol–water partition coefficient (Wildman–Crippen LogP) is 1.37. The summed E-state index contributed by atoms with van der Waals surface area (Å²) in [6.07, 6.45) is 0.582. The molecule has 126 valence electrons. The van der Waals surface area contributed by atoms with E-state index < -0.39 is 0 Å². The SMILES string of the molecule is COc1ccc2nc(CCNC(=O)Nc3nc(C)n(C)n3)[nH]c2c1. The van der Waals surface area contributed by atoms with Crippen LogP contribution in [0.2, 0.25) is 0 Å². The summed E-state index contributed by atoms with van der Waals surface area (Å²) in [5.41, 5.74) is 1.77. The number of amides is 2. The molecule has 0 atom stereocenters. The third kappa shape index (κ3) is 3.45. The van der Waals surface area contributed by atoms with Gasteiger partial charge in [0.1, 0.15) is 17.4 Å². The maximum Gasteiger partial charge on any atom is 0.321 e. The first-order valence-electron chi connectivity index (χ1n) is 7.50. The molecule has 9 heteroatoms. The topological polar surface area (TPSA) is 110 Å². The Morgan fingerprint density at radius 1 is 1.38 bits per heavy atom. The molecule has 3 N–H and O–H groups in total. The van der Waals surface area contributed by atoms with Crippen LogP contribution in [0, 0.1) is 6.92 Å². The summed E-state index contributed by atoms with van der Waals surface area (Å²) in [5, 5.41) is 9.41. The molecule has 2 amide bonds. The average molecular weight is 329 g/mol. The van der Waals surface area contributed by atoms with Gasteiger partial charge in [-0.2, -0.15) is 4.98 Å². The number of benzene rings is 1. The number of anilines is 1. The highest BCUT2D eigenvalue weighted by Gasteiger charge is 2.08. The first-order valence-corrected chi connectivity index (χ1v) is 7.50. The Balaban J connectivity index is 1.53. The Labute approximate surface area is 138 Å². The monoisotopic (exact) mass is 329 g/mol. The lowest BCUT2D eigenvalue weighted by molar-refractivity contribution is 0.252. The zero-order valence-electron chi connectivity index (χ0n) is 13.8. The van der Waals surface area contributed by atoms with E-state index in [4.69, 9.17) is 4.74 Å². The molecule has 3 rings (SSSR count). The average Bonchev–Trinajstić information content (AvgIpc) is 3.09. The van der Waals surface area contributed by atoms with Gasteiger partial charge in [-0.15, -0.1) is 5.10 Å². The number of imidazole rings is 1. The molecule has 0 radical (unpaired) electrons. The molecule has 9 nitrogen and oxygen atoms in total. The Morgan fingerprint density at radius 3 is 2.92 bits per heavy atom. The number of aromatic amines is 1. The van der Waals surface area contributed by atoms with Crippen LogP contribution >= 0.6 is 0 Å². The van der Waals surface area contributed by atoms with Crippen LogP contribution in [0.5, 0.6) is 5.75 Å². The van der Waals surface area contributed by atoms with Crippen molar-refractivity contribution in [1.82, 2.24) is 30.0 Å². The van der Waals surface area contributed by atoms with E-state index in [1.807, 2.05) is 25.1 Å². The minimum atomic E-state index is -0.349. The molecule has 0 saturated heterocycles. The van der Waals surface area contributed by atoms with E-state index in [2.05, 4.69) is 30.7 Å². The van der Waals surface area contributed by atoms with Gasteiger partial charge in [0.2, 0.25) is 5.95 Å². The molecule has 0 aliphatic heterocycles. The number of methoxy groups -OCH3 is 1. The van der Waals surface area contributed by atoms with Crippen LogP contribution in [-0.4, -0.2) is 44.4 Å². The molecule has 0 aliphatic carbocycles. The van der Waals surface area contributed by atoms with Gasteiger partial charge in [-0.1, -0.05) is 0 Å². The number of fused-ring (bicyclic) bond motifs is 1. The summed E-state index contributed by atoms with van der Waals surface area (Å²) in [6.45, 7) is 2.25. The quantitative estimate of drug-likeness (QED) is 0.655. The van der Waals surface area contributed by atoms with Crippen molar-refractivity contribution in [3.05, 3.63) is 29.8 Å². The highest BCUT2D eigenvalue weighted by molar-refractivity contribution is 5.87. The molecule has 0 spiro atoms. The summed E-state index contributed by atoms with van der Waals surface area (Å²) in [5.74, 6) is 2.57. The van der Waals surface area contributed by atoms with E-state index in [9.17, 15) is 4.79 Å². The van der Waals surface area contributed by atoms with E-state index in [0.717, 1.165) is 28.4 Å². The number of aromatic nitrogens is 5. The summed E-state index contributed by atoms with van der Waals surface area (Å²) < 4.78 is 6.78.